The molecule has 2 heterocycles. The van der Waals surface area contributed by atoms with Crippen LogP contribution in [-0.4, -0.2) is 28.3 Å². The van der Waals surface area contributed by atoms with E-state index in [1.807, 2.05) is 6.92 Å². The number of imidazole rings is 1. The zero-order valence-corrected chi connectivity index (χ0v) is 15.4. The van der Waals surface area contributed by atoms with Crippen molar-refractivity contribution in [2.45, 2.75) is 13.0 Å². The van der Waals surface area contributed by atoms with Gasteiger partial charge >= 0.3 is 5.97 Å². The van der Waals surface area contributed by atoms with Crippen LogP contribution in [0.15, 0.2) is 53.8 Å². The smallest absolute Gasteiger partial charge is 0.358 e. The molecule has 4 rings (SSSR count). The number of ether oxygens (including phenoxy) is 1. The second-order valence-electron chi connectivity index (χ2n) is 6.13. The fourth-order valence-electron chi connectivity index (χ4n) is 3.30. The third kappa shape index (κ3) is 2.82. The molecule has 1 aliphatic heterocycles. The lowest BCUT2D eigenvalue weighted by Gasteiger charge is -2.12. The van der Waals surface area contributed by atoms with Crippen molar-refractivity contribution in [1.29, 1.82) is 0 Å². The van der Waals surface area contributed by atoms with Gasteiger partial charge in [-0.2, -0.15) is 0 Å². The van der Waals surface area contributed by atoms with E-state index in [2.05, 4.69) is 4.98 Å². The number of hydrogen-bond donors (Lipinski definition) is 0. The Hall–Kier alpha value is -2.99. The van der Waals surface area contributed by atoms with Crippen LogP contribution in [-0.2, 0) is 4.74 Å². The molecular formula is C20H15ClFN3O2. The summed E-state index contributed by atoms with van der Waals surface area (Å²) >= 11 is 6.22. The van der Waals surface area contributed by atoms with Gasteiger partial charge in [0.2, 0.25) is 0 Å². The van der Waals surface area contributed by atoms with Crippen molar-refractivity contribution >= 4 is 23.3 Å². The molecule has 1 aromatic heterocycles. The standard InChI is InChI=1S/C20H15ClFN3O2/c1-11-19-18(20(26)27-2)23-10-25(19)16-8-7-12(21)9-14(16)17(24-11)13-5-3-4-6-15(13)22/h3-11H,1-2H3. The molecule has 0 saturated heterocycles. The van der Waals surface area contributed by atoms with Crippen LogP contribution in [0, 0.1) is 5.82 Å². The number of hydrogen-bond acceptors (Lipinski definition) is 4. The second-order valence-corrected chi connectivity index (χ2v) is 6.57. The molecule has 1 unspecified atom stereocenters. The van der Waals surface area contributed by atoms with Gasteiger partial charge in [-0.3, -0.25) is 9.56 Å². The minimum atomic E-state index is -0.546. The normalized spacial score (nSPS) is 15.4. The van der Waals surface area contributed by atoms with E-state index in [0.29, 0.717) is 33.2 Å². The largest absolute Gasteiger partial charge is 0.464 e. The number of carbonyl (C=O) groups is 1. The summed E-state index contributed by atoms with van der Waals surface area (Å²) in [6.45, 7) is 1.83. The Morgan fingerprint density at radius 1 is 1.22 bits per heavy atom. The van der Waals surface area contributed by atoms with Gasteiger partial charge in [0.05, 0.1) is 30.2 Å². The van der Waals surface area contributed by atoms with E-state index in [9.17, 15) is 9.18 Å². The maximum Gasteiger partial charge on any atom is 0.358 e. The molecule has 0 spiro atoms. The van der Waals surface area contributed by atoms with E-state index in [1.54, 1.807) is 47.3 Å². The highest BCUT2D eigenvalue weighted by molar-refractivity contribution is 6.31. The average Bonchev–Trinajstić information content (AvgIpc) is 3.06. The molecular weight excluding hydrogens is 369 g/mol. The number of benzene rings is 2. The molecule has 7 heteroatoms. The lowest BCUT2D eigenvalue weighted by Crippen LogP contribution is -2.09. The number of carbonyl (C=O) groups excluding carboxylic acids is 1. The molecule has 1 atom stereocenters. The van der Waals surface area contributed by atoms with Crippen LogP contribution < -0.4 is 0 Å². The maximum atomic E-state index is 14.5. The van der Waals surface area contributed by atoms with Crippen molar-refractivity contribution in [1.82, 2.24) is 9.55 Å². The van der Waals surface area contributed by atoms with Gasteiger partial charge in [0.1, 0.15) is 12.1 Å². The summed E-state index contributed by atoms with van der Waals surface area (Å²) in [6.07, 6.45) is 1.55. The van der Waals surface area contributed by atoms with Gasteiger partial charge in [0.25, 0.3) is 0 Å². The van der Waals surface area contributed by atoms with Crippen LogP contribution in [0.25, 0.3) is 5.69 Å². The SMILES string of the molecule is COC(=O)c1ncn2c1C(C)N=C(c1ccccc1F)c1cc(Cl)ccc1-2. The number of halogens is 2. The highest BCUT2D eigenvalue weighted by atomic mass is 35.5. The molecule has 0 fully saturated rings. The first-order chi connectivity index (χ1) is 13.0. The minimum Gasteiger partial charge on any atom is -0.464 e. The van der Waals surface area contributed by atoms with Gasteiger partial charge in [0, 0.05) is 16.1 Å². The van der Waals surface area contributed by atoms with E-state index in [-0.39, 0.29) is 11.5 Å². The Labute approximate surface area is 160 Å². The summed E-state index contributed by atoms with van der Waals surface area (Å²) in [4.78, 5) is 21.1. The molecule has 0 radical (unpaired) electrons. The molecule has 0 N–H and O–H groups in total. The Morgan fingerprint density at radius 3 is 2.74 bits per heavy atom. The van der Waals surface area contributed by atoms with E-state index in [4.69, 9.17) is 21.3 Å². The van der Waals surface area contributed by atoms with E-state index >= 15 is 0 Å². The zero-order chi connectivity index (χ0) is 19.1. The van der Waals surface area contributed by atoms with Gasteiger partial charge in [0.15, 0.2) is 5.69 Å². The number of nitrogens with zero attached hydrogens (tertiary/aromatic N) is 3. The zero-order valence-electron chi connectivity index (χ0n) is 14.6. The summed E-state index contributed by atoms with van der Waals surface area (Å²) < 4.78 is 21.2. The fourth-order valence-corrected chi connectivity index (χ4v) is 3.48. The van der Waals surface area contributed by atoms with Crippen LogP contribution >= 0.6 is 11.6 Å². The van der Waals surface area contributed by atoms with Crippen LogP contribution in [0.5, 0.6) is 0 Å². The van der Waals surface area contributed by atoms with Crippen molar-refractivity contribution in [3.8, 4) is 5.69 Å². The molecule has 2 aromatic carbocycles. The number of methoxy groups -OCH3 is 1. The van der Waals surface area contributed by atoms with Crippen LogP contribution in [0.4, 0.5) is 4.39 Å². The van der Waals surface area contributed by atoms with Gasteiger partial charge in [-0.1, -0.05) is 23.7 Å². The molecule has 3 aromatic rings. The molecule has 0 amide bonds. The molecule has 0 aliphatic carbocycles. The summed E-state index contributed by atoms with van der Waals surface area (Å²) in [5.41, 5.74) is 2.97. The van der Waals surface area contributed by atoms with Crippen molar-refractivity contribution in [2.24, 2.45) is 4.99 Å². The molecule has 0 bridgehead atoms. The summed E-state index contributed by atoms with van der Waals surface area (Å²) in [6, 6.07) is 11.3. The maximum absolute atomic E-state index is 14.5. The first kappa shape index (κ1) is 17.4. The third-order valence-electron chi connectivity index (χ3n) is 4.50. The van der Waals surface area contributed by atoms with E-state index < -0.39 is 12.0 Å². The number of fused-ring (bicyclic) bond motifs is 3. The predicted molar refractivity (Wildman–Crippen MR) is 100 cm³/mol. The number of rotatable bonds is 2. The van der Waals surface area contributed by atoms with Crippen LogP contribution in [0.2, 0.25) is 5.02 Å². The van der Waals surface area contributed by atoms with Crippen molar-refractivity contribution in [2.75, 3.05) is 7.11 Å². The highest BCUT2D eigenvalue weighted by Gasteiger charge is 2.29. The number of esters is 1. The lowest BCUT2D eigenvalue weighted by molar-refractivity contribution is 0.0592. The highest BCUT2D eigenvalue weighted by Crippen LogP contribution is 2.34. The Balaban J connectivity index is 2.04. The molecule has 5 nitrogen and oxygen atoms in total. The molecule has 27 heavy (non-hydrogen) atoms. The van der Waals surface area contributed by atoms with Crippen molar-refractivity contribution < 1.29 is 13.9 Å². The Bertz CT molecular complexity index is 1090. The van der Waals surface area contributed by atoms with Gasteiger partial charge in [-0.05, 0) is 37.3 Å². The lowest BCUT2D eigenvalue weighted by atomic mass is 10.00. The van der Waals surface area contributed by atoms with E-state index in [1.165, 1.54) is 13.2 Å². The topological polar surface area (TPSA) is 56.5 Å². The predicted octanol–water partition coefficient (Wildman–Crippen LogP) is 4.36. The monoisotopic (exact) mass is 383 g/mol. The van der Waals surface area contributed by atoms with Crippen molar-refractivity contribution in [3.63, 3.8) is 0 Å². The van der Waals surface area contributed by atoms with Gasteiger partial charge in [-0.25, -0.2) is 14.2 Å². The first-order valence-corrected chi connectivity index (χ1v) is 8.67. The minimum absolute atomic E-state index is 0.185. The van der Waals surface area contributed by atoms with Crippen LogP contribution in [0.3, 0.4) is 0 Å². The Morgan fingerprint density at radius 2 is 2.00 bits per heavy atom. The second kappa shape index (κ2) is 6.63. The first-order valence-electron chi connectivity index (χ1n) is 8.29. The Kier molecular flexibility index (Phi) is 4.28. The molecule has 136 valence electrons. The molecule has 1 aliphatic rings. The molecule has 0 saturated carbocycles. The van der Waals surface area contributed by atoms with Crippen LogP contribution in [0.1, 0.15) is 40.3 Å². The quantitative estimate of drug-likeness (QED) is 0.618. The van der Waals surface area contributed by atoms with E-state index in [0.717, 1.165) is 0 Å². The van der Waals surface area contributed by atoms with Gasteiger partial charge in [-0.15, -0.1) is 0 Å². The average molecular weight is 384 g/mol. The number of aromatic nitrogens is 2. The fraction of sp³-hybridized carbons (Fsp3) is 0.150. The third-order valence-corrected chi connectivity index (χ3v) is 4.74. The summed E-state index contributed by atoms with van der Waals surface area (Å²) in [5.74, 6) is -0.928. The number of aliphatic imine (C=N–C) groups is 1. The summed E-state index contributed by atoms with van der Waals surface area (Å²) in [5, 5.41) is 0.502. The van der Waals surface area contributed by atoms with Gasteiger partial charge < -0.3 is 4.74 Å². The summed E-state index contributed by atoms with van der Waals surface area (Å²) in [7, 11) is 1.30. The van der Waals surface area contributed by atoms with Crippen molar-refractivity contribution in [3.05, 3.63) is 82.1 Å².